The van der Waals surface area contributed by atoms with Gasteiger partial charge in [0.15, 0.2) is 0 Å². The van der Waals surface area contributed by atoms with Gasteiger partial charge in [-0.3, -0.25) is 4.72 Å². The van der Waals surface area contributed by atoms with E-state index in [2.05, 4.69) is 26.0 Å². The van der Waals surface area contributed by atoms with E-state index in [0.717, 1.165) is 28.3 Å². The first-order valence-corrected chi connectivity index (χ1v) is 8.83. The lowest BCUT2D eigenvalue weighted by Gasteiger charge is -2.08. The van der Waals surface area contributed by atoms with Crippen molar-refractivity contribution >= 4 is 43.0 Å². The standard InChI is InChI=1S/C12H11BrF2N2O2S2/c1-16-6-7-2-3-12(20-7)21(18,19)17-11-5-9(14)8(13)4-10(11)15/h2-5,16-17H,6H2,1H3. The third kappa shape index (κ3) is 3.79. The number of hydrogen-bond acceptors (Lipinski definition) is 4. The van der Waals surface area contributed by atoms with Crippen molar-refractivity contribution in [2.45, 2.75) is 10.8 Å². The Morgan fingerprint density at radius 3 is 2.62 bits per heavy atom. The number of benzene rings is 1. The van der Waals surface area contributed by atoms with Crippen molar-refractivity contribution in [2.75, 3.05) is 11.8 Å². The second-order valence-electron chi connectivity index (χ2n) is 4.10. The first kappa shape index (κ1) is 16.3. The quantitative estimate of drug-likeness (QED) is 0.762. The Labute approximate surface area is 133 Å². The van der Waals surface area contributed by atoms with Crippen molar-refractivity contribution in [1.29, 1.82) is 0 Å². The van der Waals surface area contributed by atoms with Crippen molar-refractivity contribution in [3.8, 4) is 0 Å². The Morgan fingerprint density at radius 2 is 1.95 bits per heavy atom. The van der Waals surface area contributed by atoms with Crippen molar-refractivity contribution in [3.63, 3.8) is 0 Å². The number of thiophene rings is 1. The molecule has 0 atom stereocenters. The van der Waals surface area contributed by atoms with Gasteiger partial charge >= 0.3 is 0 Å². The van der Waals surface area contributed by atoms with Gasteiger partial charge in [0, 0.05) is 17.5 Å². The van der Waals surface area contributed by atoms with Crippen molar-refractivity contribution < 1.29 is 17.2 Å². The summed E-state index contributed by atoms with van der Waals surface area (Å²) in [6.45, 7) is 0.529. The number of anilines is 1. The lowest BCUT2D eigenvalue weighted by molar-refractivity contribution is 0.592. The molecule has 4 nitrogen and oxygen atoms in total. The third-order valence-electron chi connectivity index (χ3n) is 2.51. The largest absolute Gasteiger partial charge is 0.315 e. The fourth-order valence-electron chi connectivity index (χ4n) is 1.57. The van der Waals surface area contributed by atoms with Gasteiger partial charge in [0.25, 0.3) is 10.0 Å². The molecule has 1 aromatic heterocycles. The van der Waals surface area contributed by atoms with Gasteiger partial charge in [-0.1, -0.05) is 0 Å². The van der Waals surface area contributed by atoms with Gasteiger partial charge < -0.3 is 5.32 Å². The summed E-state index contributed by atoms with van der Waals surface area (Å²) in [5.74, 6) is -1.62. The fraction of sp³-hybridized carbons (Fsp3) is 0.167. The number of nitrogens with one attached hydrogen (secondary N) is 2. The van der Waals surface area contributed by atoms with E-state index >= 15 is 0 Å². The molecular formula is C12H11BrF2N2O2S2. The lowest BCUT2D eigenvalue weighted by Crippen LogP contribution is -2.13. The lowest BCUT2D eigenvalue weighted by atomic mass is 10.3. The van der Waals surface area contributed by atoms with Crippen LogP contribution < -0.4 is 10.0 Å². The average molecular weight is 397 g/mol. The Kier molecular flexibility index (Phi) is 4.97. The van der Waals surface area contributed by atoms with Crippen LogP contribution in [0.25, 0.3) is 0 Å². The fourth-order valence-corrected chi connectivity index (χ4v) is 4.31. The van der Waals surface area contributed by atoms with Crippen LogP contribution in [0.4, 0.5) is 14.5 Å². The zero-order valence-corrected chi connectivity index (χ0v) is 14.0. The van der Waals surface area contributed by atoms with Crippen LogP contribution in [0.1, 0.15) is 4.88 Å². The van der Waals surface area contributed by atoms with Gasteiger partial charge in [0.05, 0.1) is 10.2 Å². The highest BCUT2D eigenvalue weighted by molar-refractivity contribution is 9.10. The molecule has 0 radical (unpaired) electrons. The molecule has 0 unspecified atom stereocenters. The van der Waals surface area contributed by atoms with Gasteiger partial charge in [-0.2, -0.15) is 0 Å². The average Bonchev–Trinajstić information content (AvgIpc) is 2.86. The summed E-state index contributed by atoms with van der Waals surface area (Å²) in [6, 6.07) is 4.74. The smallest absolute Gasteiger partial charge is 0.271 e. The van der Waals surface area contributed by atoms with E-state index in [9.17, 15) is 17.2 Å². The van der Waals surface area contributed by atoms with E-state index in [1.807, 2.05) is 0 Å². The van der Waals surface area contributed by atoms with Crippen LogP contribution in [-0.2, 0) is 16.6 Å². The maximum Gasteiger partial charge on any atom is 0.271 e. The molecule has 114 valence electrons. The minimum Gasteiger partial charge on any atom is -0.315 e. The van der Waals surface area contributed by atoms with Crippen molar-refractivity contribution in [1.82, 2.24) is 5.32 Å². The van der Waals surface area contributed by atoms with Crippen LogP contribution >= 0.6 is 27.3 Å². The van der Waals surface area contributed by atoms with Crippen LogP contribution in [0.2, 0.25) is 0 Å². The van der Waals surface area contributed by atoms with E-state index in [1.165, 1.54) is 6.07 Å². The molecule has 0 saturated heterocycles. The normalized spacial score (nSPS) is 11.6. The number of hydrogen-bond donors (Lipinski definition) is 2. The molecule has 9 heteroatoms. The number of sulfonamides is 1. The predicted molar refractivity (Wildman–Crippen MR) is 81.9 cm³/mol. The summed E-state index contributed by atoms with van der Waals surface area (Å²) in [4.78, 5) is 0.820. The zero-order valence-electron chi connectivity index (χ0n) is 10.8. The molecule has 2 rings (SSSR count). The van der Waals surface area contributed by atoms with Gasteiger partial charge in [-0.25, -0.2) is 17.2 Å². The van der Waals surface area contributed by atoms with Gasteiger partial charge in [0.2, 0.25) is 0 Å². The van der Waals surface area contributed by atoms with Crippen LogP contribution in [-0.4, -0.2) is 15.5 Å². The second-order valence-corrected chi connectivity index (χ2v) is 8.03. The Hall–Kier alpha value is -1.03. The SMILES string of the molecule is CNCc1ccc(S(=O)(=O)Nc2cc(F)c(Br)cc2F)s1. The highest BCUT2D eigenvalue weighted by Crippen LogP contribution is 2.28. The molecule has 1 aromatic carbocycles. The van der Waals surface area contributed by atoms with Crippen LogP contribution in [0, 0.1) is 11.6 Å². The van der Waals surface area contributed by atoms with E-state index in [-0.39, 0.29) is 8.68 Å². The predicted octanol–water partition coefficient (Wildman–Crippen LogP) is 3.31. The molecule has 0 fully saturated rings. The first-order chi connectivity index (χ1) is 9.83. The third-order valence-corrected chi connectivity index (χ3v) is 6.06. The monoisotopic (exact) mass is 396 g/mol. The van der Waals surface area contributed by atoms with E-state index < -0.39 is 27.3 Å². The Morgan fingerprint density at radius 1 is 1.24 bits per heavy atom. The molecule has 0 saturated carbocycles. The molecule has 0 bridgehead atoms. The molecule has 1 heterocycles. The molecule has 0 amide bonds. The summed E-state index contributed by atoms with van der Waals surface area (Å²) in [5, 5.41) is 2.90. The summed E-state index contributed by atoms with van der Waals surface area (Å²) in [6.07, 6.45) is 0. The molecule has 2 aromatic rings. The molecular weight excluding hydrogens is 386 g/mol. The molecule has 2 N–H and O–H groups in total. The summed E-state index contributed by atoms with van der Waals surface area (Å²) >= 11 is 3.89. The highest BCUT2D eigenvalue weighted by Gasteiger charge is 2.19. The van der Waals surface area contributed by atoms with Gasteiger partial charge in [-0.15, -0.1) is 11.3 Å². The van der Waals surface area contributed by atoms with Crippen molar-refractivity contribution in [3.05, 3.63) is 45.2 Å². The summed E-state index contributed by atoms with van der Waals surface area (Å²) in [5.41, 5.74) is -0.431. The number of halogens is 3. The Bertz CT molecular complexity index is 763. The second kappa shape index (κ2) is 6.39. The highest BCUT2D eigenvalue weighted by atomic mass is 79.9. The minimum atomic E-state index is -3.94. The van der Waals surface area contributed by atoms with Crippen LogP contribution in [0.15, 0.2) is 32.9 Å². The van der Waals surface area contributed by atoms with E-state index in [4.69, 9.17) is 0 Å². The first-order valence-electron chi connectivity index (χ1n) is 5.74. The molecule has 0 aliphatic rings. The van der Waals surface area contributed by atoms with Crippen LogP contribution in [0.5, 0.6) is 0 Å². The summed E-state index contributed by atoms with van der Waals surface area (Å²) < 4.78 is 53.4. The summed E-state index contributed by atoms with van der Waals surface area (Å²) in [7, 11) is -2.20. The minimum absolute atomic E-state index is 0.0375. The molecule has 0 aliphatic carbocycles. The van der Waals surface area contributed by atoms with Gasteiger partial charge in [0.1, 0.15) is 15.8 Å². The van der Waals surface area contributed by atoms with Gasteiger partial charge in [-0.05, 0) is 41.2 Å². The maximum atomic E-state index is 13.7. The zero-order chi connectivity index (χ0) is 15.6. The van der Waals surface area contributed by atoms with Crippen molar-refractivity contribution in [2.24, 2.45) is 0 Å². The molecule has 21 heavy (non-hydrogen) atoms. The Balaban J connectivity index is 2.30. The van der Waals surface area contributed by atoms with E-state index in [1.54, 1.807) is 13.1 Å². The molecule has 0 aliphatic heterocycles. The number of rotatable bonds is 5. The van der Waals surface area contributed by atoms with Crippen LogP contribution in [0.3, 0.4) is 0 Å². The molecule has 0 spiro atoms. The topological polar surface area (TPSA) is 58.2 Å². The maximum absolute atomic E-state index is 13.7. The van der Waals surface area contributed by atoms with E-state index in [0.29, 0.717) is 6.54 Å².